The van der Waals surface area contributed by atoms with Gasteiger partial charge in [-0.1, -0.05) is 6.08 Å². The summed E-state index contributed by atoms with van der Waals surface area (Å²) >= 11 is 0. The Kier molecular flexibility index (Phi) is 5.65. The Morgan fingerprint density at radius 2 is 2.22 bits per heavy atom. The lowest BCUT2D eigenvalue weighted by Gasteiger charge is -2.23. The molecule has 1 heterocycles. The van der Waals surface area contributed by atoms with Crippen LogP contribution >= 0.6 is 0 Å². The molecule has 0 aliphatic carbocycles. The molecule has 1 unspecified atom stereocenters. The average molecular weight is 264 g/mol. The summed E-state index contributed by atoms with van der Waals surface area (Å²) in [6.07, 6.45) is -1.21. The van der Waals surface area contributed by atoms with Crippen molar-refractivity contribution in [2.24, 2.45) is 5.92 Å². The molecule has 104 valence electrons. The molecule has 18 heavy (non-hydrogen) atoms. The van der Waals surface area contributed by atoms with E-state index in [2.05, 4.69) is 11.9 Å². The maximum absolute atomic E-state index is 12.3. The van der Waals surface area contributed by atoms with Crippen LogP contribution in [0.3, 0.4) is 0 Å². The molecule has 1 aliphatic rings. The smallest absolute Gasteiger partial charge is 0.330 e. The number of amides is 1. The zero-order chi connectivity index (χ0) is 13.6. The second kappa shape index (κ2) is 6.78. The second-order valence-electron chi connectivity index (χ2n) is 4.58. The predicted molar refractivity (Wildman–Crippen MR) is 63.0 cm³/mol. The number of carbonyl (C=O) groups excluding carboxylic acids is 1. The first-order valence-corrected chi connectivity index (χ1v) is 6.08. The Labute approximate surface area is 105 Å². The van der Waals surface area contributed by atoms with Gasteiger partial charge >= 0.3 is 6.18 Å². The summed E-state index contributed by atoms with van der Waals surface area (Å²) in [5.74, 6) is -0.0375. The minimum atomic E-state index is -4.35. The number of hydrogen-bond acceptors (Lipinski definition) is 2. The largest absolute Gasteiger partial charge is 0.406 e. The van der Waals surface area contributed by atoms with E-state index in [1.165, 1.54) is 6.08 Å². The van der Waals surface area contributed by atoms with E-state index in [0.29, 0.717) is 12.3 Å². The van der Waals surface area contributed by atoms with Gasteiger partial charge in [-0.05, 0) is 31.8 Å². The number of nitrogens with one attached hydrogen (secondary N) is 1. The summed E-state index contributed by atoms with van der Waals surface area (Å²) < 4.78 is 36.9. The highest BCUT2D eigenvalue weighted by molar-refractivity contribution is 5.76. The molecule has 1 rings (SSSR count). The number of rotatable bonds is 6. The summed E-state index contributed by atoms with van der Waals surface area (Å²) in [5.41, 5.74) is 0. The lowest BCUT2D eigenvalue weighted by atomic mass is 10.0. The van der Waals surface area contributed by atoms with Gasteiger partial charge in [-0.3, -0.25) is 4.79 Å². The molecule has 0 aromatic rings. The number of alkyl halides is 3. The first-order valence-electron chi connectivity index (χ1n) is 6.08. The minimum Gasteiger partial charge on any atom is -0.330 e. The van der Waals surface area contributed by atoms with E-state index in [1.807, 2.05) is 0 Å². The van der Waals surface area contributed by atoms with Gasteiger partial charge in [0.25, 0.3) is 0 Å². The molecule has 0 spiro atoms. The zero-order valence-corrected chi connectivity index (χ0v) is 10.3. The van der Waals surface area contributed by atoms with Gasteiger partial charge in [0, 0.05) is 13.0 Å². The van der Waals surface area contributed by atoms with E-state index in [1.54, 1.807) is 0 Å². The van der Waals surface area contributed by atoms with Gasteiger partial charge in [0.1, 0.15) is 6.54 Å². The summed E-state index contributed by atoms with van der Waals surface area (Å²) in [6, 6.07) is 0. The van der Waals surface area contributed by atoms with Gasteiger partial charge in [-0.15, -0.1) is 6.58 Å². The van der Waals surface area contributed by atoms with Crippen LogP contribution in [0.15, 0.2) is 12.7 Å². The quantitative estimate of drug-likeness (QED) is 0.744. The van der Waals surface area contributed by atoms with Crippen LogP contribution in [-0.2, 0) is 4.79 Å². The number of halogens is 3. The molecule has 1 saturated heterocycles. The second-order valence-corrected chi connectivity index (χ2v) is 4.58. The van der Waals surface area contributed by atoms with Crippen LogP contribution < -0.4 is 5.32 Å². The van der Waals surface area contributed by atoms with E-state index in [9.17, 15) is 18.0 Å². The van der Waals surface area contributed by atoms with Crippen LogP contribution in [0.5, 0.6) is 0 Å². The van der Waals surface area contributed by atoms with E-state index < -0.39 is 18.6 Å². The van der Waals surface area contributed by atoms with Crippen molar-refractivity contribution in [2.75, 3.05) is 26.2 Å². The van der Waals surface area contributed by atoms with Crippen molar-refractivity contribution >= 4 is 5.91 Å². The Morgan fingerprint density at radius 3 is 2.72 bits per heavy atom. The van der Waals surface area contributed by atoms with Crippen molar-refractivity contribution in [3.63, 3.8) is 0 Å². The van der Waals surface area contributed by atoms with Crippen molar-refractivity contribution in [1.82, 2.24) is 10.2 Å². The molecule has 1 aliphatic heterocycles. The molecule has 1 fully saturated rings. The molecule has 3 nitrogen and oxygen atoms in total. The molecular weight excluding hydrogens is 245 g/mol. The lowest BCUT2D eigenvalue weighted by Crippen LogP contribution is -2.39. The summed E-state index contributed by atoms with van der Waals surface area (Å²) in [4.78, 5) is 12.5. The maximum atomic E-state index is 12.3. The molecule has 0 radical (unpaired) electrons. The van der Waals surface area contributed by atoms with Crippen LogP contribution in [0.2, 0.25) is 0 Å². The van der Waals surface area contributed by atoms with Crippen molar-refractivity contribution in [3.05, 3.63) is 12.7 Å². The lowest BCUT2D eigenvalue weighted by molar-refractivity contribution is -0.160. The first-order chi connectivity index (χ1) is 8.42. The highest BCUT2D eigenvalue weighted by atomic mass is 19.4. The molecular formula is C12H19F3N2O. The maximum Gasteiger partial charge on any atom is 0.406 e. The van der Waals surface area contributed by atoms with Crippen LogP contribution in [-0.4, -0.2) is 43.2 Å². The number of hydrogen-bond donors (Lipinski definition) is 1. The van der Waals surface area contributed by atoms with Gasteiger partial charge in [0.2, 0.25) is 5.91 Å². The minimum absolute atomic E-state index is 0.0543. The van der Waals surface area contributed by atoms with Gasteiger partial charge in [0.15, 0.2) is 0 Å². The monoisotopic (exact) mass is 264 g/mol. The molecule has 0 aromatic carbocycles. The van der Waals surface area contributed by atoms with Crippen molar-refractivity contribution < 1.29 is 18.0 Å². The summed E-state index contributed by atoms with van der Waals surface area (Å²) in [6.45, 7) is 3.91. The molecule has 0 bridgehead atoms. The zero-order valence-electron chi connectivity index (χ0n) is 10.3. The highest BCUT2D eigenvalue weighted by Crippen LogP contribution is 2.19. The molecule has 0 aromatic heterocycles. The molecule has 1 atom stereocenters. The number of nitrogens with zero attached hydrogens (tertiary/aromatic N) is 1. The molecule has 1 N–H and O–H groups in total. The van der Waals surface area contributed by atoms with Crippen LogP contribution in [0, 0.1) is 5.92 Å². The average Bonchev–Trinajstić information content (AvgIpc) is 2.76. The fourth-order valence-corrected chi connectivity index (χ4v) is 2.07. The van der Waals surface area contributed by atoms with Gasteiger partial charge in [-0.2, -0.15) is 13.2 Å². The van der Waals surface area contributed by atoms with Gasteiger partial charge in [0.05, 0.1) is 0 Å². The third-order valence-corrected chi connectivity index (χ3v) is 3.00. The third-order valence-electron chi connectivity index (χ3n) is 3.00. The Balaban J connectivity index is 2.40. The standard InChI is InChI=1S/C12H19F3N2O/c1-2-7-17(9-12(13,14)15)11(18)4-3-10-5-6-16-8-10/h2,10,16H,1,3-9H2. The highest BCUT2D eigenvalue weighted by Gasteiger charge is 2.32. The SMILES string of the molecule is C=CCN(CC(F)(F)F)C(=O)CCC1CCNC1. The fraction of sp³-hybridized carbons (Fsp3) is 0.750. The predicted octanol–water partition coefficient (Wildman–Crippen LogP) is 1.95. The van der Waals surface area contributed by atoms with Crippen LogP contribution in [0.25, 0.3) is 0 Å². The third kappa shape index (κ3) is 5.53. The summed E-state index contributed by atoms with van der Waals surface area (Å²) in [7, 11) is 0. The Bertz CT molecular complexity index is 286. The van der Waals surface area contributed by atoms with Crippen molar-refractivity contribution in [3.8, 4) is 0 Å². The fourth-order valence-electron chi connectivity index (χ4n) is 2.07. The number of carbonyl (C=O) groups is 1. The topological polar surface area (TPSA) is 32.3 Å². The van der Waals surface area contributed by atoms with Gasteiger partial charge < -0.3 is 10.2 Å². The molecule has 6 heteroatoms. The summed E-state index contributed by atoms with van der Waals surface area (Å²) in [5, 5.41) is 3.17. The first kappa shape index (κ1) is 15.0. The molecule has 0 saturated carbocycles. The van der Waals surface area contributed by atoms with Crippen LogP contribution in [0.1, 0.15) is 19.3 Å². The van der Waals surface area contributed by atoms with E-state index in [4.69, 9.17) is 0 Å². The van der Waals surface area contributed by atoms with Crippen LogP contribution in [0.4, 0.5) is 13.2 Å². The van der Waals surface area contributed by atoms with E-state index in [0.717, 1.165) is 24.4 Å². The van der Waals surface area contributed by atoms with Gasteiger partial charge in [-0.25, -0.2) is 0 Å². The molecule has 1 amide bonds. The van der Waals surface area contributed by atoms with E-state index in [-0.39, 0.29) is 13.0 Å². The van der Waals surface area contributed by atoms with Crippen molar-refractivity contribution in [2.45, 2.75) is 25.4 Å². The van der Waals surface area contributed by atoms with E-state index >= 15 is 0 Å². The normalized spacial score (nSPS) is 19.8. The Hall–Kier alpha value is -1.04. The van der Waals surface area contributed by atoms with Crippen molar-refractivity contribution in [1.29, 1.82) is 0 Å². The Morgan fingerprint density at radius 1 is 1.50 bits per heavy atom.